The molecule has 5 nitrogen and oxygen atoms in total. The van der Waals surface area contributed by atoms with E-state index in [0.717, 1.165) is 27.7 Å². The maximum Gasteiger partial charge on any atom is 0.344 e. The number of aromatic nitrogens is 2. The summed E-state index contributed by atoms with van der Waals surface area (Å²) in [6.07, 6.45) is 0. The van der Waals surface area contributed by atoms with Gasteiger partial charge in [0.2, 0.25) is 5.95 Å². The second kappa shape index (κ2) is 5.96. The summed E-state index contributed by atoms with van der Waals surface area (Å²) >= 11 is 6.08. The van der Waals surface area contributed by atoms with Crippen LogP contribution in [-0.2, 0) is 0 Å². The van der Waals surface area contributed by atoms with Gasteiger partial charge in [0.05, 0.1) is 28.3 Å². The zero-order valence-corrected chi connectivity index (χ0v) is 15.9. The Labute approximate surface area is 170 Å². The van der Waals surface area contributed by atoms with Gasteiger partial charge in [-0.05, 0) is 42.0 Å². The summed E-state index contributed by atoms with van der Waals surface area (Å²) in [5, 5.41) is 4.94. The number of nitrogens with one attached hydrogen (secondary N) is 1. The molecule has 0 saturated carbocycles. The molecule has 1 aliphatic rings. The van der Waals surface area contributed by atoms with Crippen LogP contribution in [0, 0.1) is 0 Å². The van der Waals surface area contributed by atoms with Gasteiger partial charge in [0, 0.05) is 10.4 Å². The van der Waals surface area contributed by atoms with Crippen molar-refractivity contribution in [1.29, 1.82) is 0 Å². The molecule has 1 unspecified atom stereocenters. The molecule has 140 valence electrons. The van der Waals surface area contributed by atoms with Crippen LogP contribution < -0.4 is 10.9 Å². The topological polar surface area (TPSA) is 60.1 Å². The normalized spacial score (nSPS) is 15.1. The SMILES string of the molecule is O=c1oc2ccccc2c2c1C(c1ccc(Cl)cc1)Nc1nc3ccccc3n1-2. The molecule has 0 saturated heterocycles. The third kappa shape index (κ3) is 2.34. The molecule has 0 spiro atoms. The molecule has 3 heterocycles. The monoisotopic (exact) mass is 399 g/mol. The molecular weight excluding hydrogens is 386 g/mol. The van der Waals surface area contributed by atoms with Crippen molar-refractivity contribution in [2.45, 2.75) is 6.04 Å². The second-order valence-electron chi connectivity index (χ2n) is 7.04. The van der Waals surface area contributed by atoms with Crippen LogP contribution in [0.3, 0.4) is 0 Å². The van der Waals surface area contributed by atoms with E-state index in [0.29, 0.717) is 22.1 Å². The third-order valence-electron chi connectivity index (χ3n) is 5.37. The fraction of sp³-hybridized carbons (Fsp3) is 0.0435. The number of fused-ring (bicyclic) bond motifs is 7. The Balaban J connectivity index is 1.76. The van der Waals surface area contributed by atoms with Crippen molar-refractivity contribution in [1.82, 2.24) is 9.55 Å². The average molecular weight is 400 g/mol. The molecule has 1 N–H and O–H groups in total. The van der Waals surface area contributed by atoms with Gasteiger partial charge in [0.25, 0.3) is 0 Å². The van der Waals surface area contributed by atoms with Crippen molar-refractivity contribution in [2.24, 2.45) is 0 Å². The van der Waals surface area contributed by atoms with Gasteiger partial charge in [-0.2, -0.15) is 0 Å². The molecule has 1 aliphatic heterocycles. The third-order valence-corrected chi connectivity index (χ3v) is 5.62. The number of anilines is 1. The summed E-state index contributed by atoms with van der Waals surface area (Å²) in [7, 11) is 0. The van der Waals surface area contributed by atoms with Crippen LogP contribution in [0.1, 0.15) is 17.2 Å². The van der Waals surface area contributed by atoms with Crippen molar-refractivity contribution < 1.29 is 4.42 Å². The largest absolute Gasteiger partial charge is 0.422 e. The Bertz CT molecular complexity index is 1470. The van der Waals surface area contributed by atoms with Crippen LogP contribution in [0.5, 0.6) is 0 Å². The summed E-state index contributed by atoms with van der Waals surface area (Å²) < 4.78 is 7.69. The molecule has 0 bridgehead atoms. The first-order chi connectivity index (χ1) is 14.2. The van der Waals surface area contributed by atoms with Crippen molar-refractivity contribution in [3.05, 3.63) is 99.4 Å². The molecule has 6 heteroatoms. The molecule has 3 aromatic carbocycles. The van der Waals surface area contributed by atoms with E-state index in [1.165, 1.54) is 0 Å². The van der Waals surface area contributed by atoms with Gasteiger partial charge < -0.3 is 9.73 Å². The lowest BCUT2D eigenvalue weighted by molar-refractivity contribution is 0.543. The molecule has 0 aliphatic carbocycles. The van der Waals surface area contributed by atoms with Crippen molar-refractivity contribution in [2.75, 3.05) is 5.32 Å². The van der Waals surface area contributed by atoms with E-state index in [4.69, 9.17) is 21.0 Å². The summed E-state index contributed by atoms with van der Waals surface area (Å²) in [6.45, 7) is 0. The Morgan fingerprint density at radius 1 is 0.966 bits per heavy atom. The van der Waals surface area contributed by atoms with Crippen molar-refractivity contribution >= 4 is 39.6 Å². The highest BCUT2D eigenvalue weighted by molar-refractivity contribution is 6.30. The number of nitrogens with zero attached hydrogens (tertiary/aromatic N) is 2. The quantitative estimate of drug-likeness (QED) is 0.388. The highest BCUT2D eigenvalue weighted by Crippen LogP contribution is 2.40. The van der Waals surface area contributed by atoms with Gasteiger partial charge in [-0.15, -0.1) is 0 Å². The van der Waals surface area contributed by atoms with Crippen LogP contribution in [0.4, 0.5) is 5.95 Å². The minimum atomic E-state index is -0.396. The fourth-order valence-electron chi connectivity index (χ4n) is 4.10. The van der Waals surface area contributed by atoms with E-state index in [9.17, 15) is 4.79 Å². The fourth-order valence-corrected chi connectivity index (χ4v) is 4.22. The number of hydrogen-bond acceptors (Lipinski definition) is 4. The molecule has 2 aromatic heterocycles. The smallest absolute Gasteiger partial charge is 0.344 e. The Hall–Kier alpha value is -3.57. The maximum atomic E-state index is 13.1. The van der Waals surface area contributed by atoms with E-state index in [1.54, 1.807) is 0 Å². The van der Waals surface area contributed by atoms with E-state index in [1.807, 2.05) is 77.4 Å². The minimum absolute atomic E-state index is 0.366. The van der Waals surface area contributed by atoms with Gasteiger partial charge in [-0.1, -0.05) is 48.0 Å². The zero-order valence-electron chi connectivity index (χ0n) is 15.1. The number of benzene rings is 3. The van der Waals surface area contributed by atoms with Crippen LogP contribution in [0.25, 0.3) is 27.7 Å². The molecule has 5 aromatic rings. The lowest BCUT2D eigenvalue weighted by Gasteiger charge is -2.28. The molecule has 0 radical (unpaired) electrons. The van der Waals surface area contributed by atoms with E-state index in [-0.39, 0.29) is 5.63 Å². The first-order valence-corrected chi connectivity index (χ1v) is 9.64. The molecule has 6 rings (SSSR count). The van der Waals surface area contributed by atoms with Gasteiger partial charge in [-0.3, -0.25) is 4.57 Å². The van der Waals surface area contributed by atoms with Crippen molar-refractivity contribution in [3.63, 3.8) is 0 Å². The summed E-state index contributed by atoms with van der Waals surface area (Å²) in [5.41, 5.74) is 4.25. The van der Waals surface area contributed by atoms with Gasteiger partial charge in [0.15, 0.2) is 0 Å². The van der Waals surface area contributed by atoms with E-state index >= 15 is 0 Å². The lowest BCUT2D eigenvalue weighted by Crippen LogP contribution is -2.28. The second-order valence-corrected chi connectivity index (χ2v) is 7.47. The van der Waals surface area contributed by atoms with Crippen LogP contribution in [0.15, 0.2) is 82.0 Å². The lowest BCUT2D eigenvalue weighted by atomic mass is 9.95. The predicted octanol–water partition coefficient (Wildman–Crippen LogP) is 5.30. The first-order valence-electron chi connectivity index (χ1n) is 9.26. The number of imidazole rings is 1. The van der Waals surface area contributed by atoms with Gasteiger partial charge >= 0.3 is 5.63 Å². The van der Waals surface area contributed by atoms with Gasteiger partial charge in [-0.25, -0.2) is 9.78 Å². The molecule has 29 heavy (non-hydrogen) atoms. The first kappa shape index (κ1) is 16.4. The summed E-state index contributed by atoms with van der Waals surface area (Å²) in [4.78, 5) is 17.9. The molecule has 0 fully saturated rings. The van der Waals surface area contributed by atoms with E-state index in [2.05, 4.69) is 5.32 Å². The maximum absolute atomic E-state index is 13.1. The van der Waals surface area contributed by atoms with Crippen molar-refractivity contribution in [3.8, 4) is 5.69 Å². The number of para-hydroxylation sites is 3. The van der Waals surface area contributed by atoms with Gasteiger partial charge in [0.1, 0.15) is 5.58 Å². The highest BCUT2D eigenvalue weighted by atomic mass is 35.5. The molecule has 0 amide bonds. The number of hydrogen-bond donors (Lipinski definition) is 1. The summed E-state index contributed by atoms with van der Waals surface area (Å²) in [6, 6.07) is 22.6. The Morgan fingerprint density at radius 2 is 1.72 bits per heavy atom. The molecular formula is C23H14ClN3O2. The average Bonchev–Trinajstić information content (AvgIpc) is 3.12. The summed E-state index contributed by atoms with van der Waals surface area (Å²) in [5.74, 6) is 0.689. The van der Waals surface area contributed by atoms with Crippen LogP contribution in [-0.4, -0.2) is 9.55 Å². The van der Waals surface area contributed by atoms with Crippen LogP contribution >= 0.6 is 11.6 Å². The number of halogens is 1. The van der Waals surface area contributed by atoms with Crippen LogP contribution in [0.2, 0.25) is 5.02 Å². The van der Waals surface area contributed by atoms with E-state index < -0.39 is 6.04 Å². The zero-order chi connectivity index (χ0) is 19.5. The number of rotatable bonds is 1. The standard InChI is InChI=1S/C23H14ClN3O2/c24-14-11-9-13(10-12-14)20-19-21(15-5-1-4-8-18(15)29-22(19)28)27-17-7-3-2-6-16(17)25-23(27)26-20/h1-12,20H,(H,25,26). The Morgan fingerprint density at radius 3 is 2.59 bits per heavy atom. The minimum Gasteiger partial charge on any atom is -0.422 e. The Kier molecular flexibility index (Phi) is 3.37. The molecule has 1 atom stereocenters. The highest BCUT2D eigenvalue weighted by Gasteiger charge is 2.33. The predicted molar refractivity (Wildman–Crippen MR) is 114 cm³/mol.